The van der Waals surface area contributed by atoms with Gasteiger partial charge in [0.15, 0.2) is 6.10 Å². The number of unbranched alkanes of at least 4 members (excludes halogenated alkanes) is 28. The van der Waals surface area contributed by atoms with Crippen molar-refractivity contribution in [1.29, 1.82) is 0 Å². The third-order valence-electron chi connectivity index (χ3n) is 9.17. The fraction of sp³-hybridized carbons (Fsp3) is 0.950. The van der Waals surface area contributed by atoms with Crippen molar-refractivity contribution in [2.24, 2.45) is 0 Å². The van der Waals surface area contributed by atoms with Gasteiger partial charge in [-0.2, -0.15) is 8.42 Å². The third kappa shape index (κ3) is 37.7. The molecule has 0 saturated carbocycles. The highest BCUT2D eigenvalue weighted by Gasteiger charge is 2.19. The van der Waals surface area contributed by atoms with Crippen molar-refractivity contribution in [3.63, 3.8) is 0 Å². The van der Waals surface area contributed by atoms with Gasteiger partial charge < -0.3 is 9.47 Å². The molecule has 0 saturated heterocycles. The lowest BCUT2D eigenvalue weighted by molar-refractivity contribution is -0.161. The quantitative estimate of drug-likeness (QED) is 0.0359. The summed E-state index contributed by atoms with van der Waals surface area (Å²) in [4.78, 5) is 24.7. The van der Waals surface area contributed by atoms with E-state index in [0.717, 1.165) is 44.8 Å². The third-order valence-corrected chi connectivity index (χ3v) is 9.73. The Bertz CT molecular complexity index is 814. The lowest BCUT2D eigenvalue weighted by atomic mass is 10.0. The highest BCUT2D eigenvalue weighted by atomic mass is 32.2. The minimum absolute atomic E-state index is 0.197. The summed E-state index contributed by atoms with van der Waals surface area (Å²) in [7, 11) is -3.71. The molecule has 286 valence electrons. The maximum absolute atomic E-state index is 12.4. The summed E-state index contributed by atoms with van der Waals surface area (Å²) >= 11 is 0. The summed E-state index contributed by atoms with van der Waals surface area (Å²) in [5.41, 5.74) is 0. The van der Waals surface area contributed by atoms with Gasteiger partial charge in [-0.05, 0) is 12.8 Å². The Morgan fingerprint density at radius 2 is 0.729 bits per heavy atom. The van der Waals surface area contributed by atoms with Gasteiger partial charge in [-0.1, -0.05) is 194 Å². The van der Waals surface area contributed by atoms with Gasteiger partial charge in [0.2, 0.25) is 0 Å². The van der Waals surface area contributed by atoms with Gasteiger partial charge in [-0.15, -0.1) is 0 Å². The van der Waals surface area contributed by atoms with Crippen LogP contribution in [0.15, 0.2) is 0 Å². The monoisotopic (exact) mass is 703 g/mol. The second-order valence-corrected chi connectivity index (χ2v) is 15.8. The van der Waals surface area contributed by atoms with Crippen LogP contribution in [0.1, 0.15) is 219 Å². The molecule has 0 radical (unpaired) electrons. The average Bonchev–Trinajstić information content (AvgIpc) is 3.05. The lowest BCUT2D eigenvalue weighted by Crippen LogP contribution is -2.30. The molecule has 0 fully saturated rings. The van der Waals surface area contributed by atoms with Crippen LogP contribution >= 0.6 is 0 Å². The second kappa shape index (κ2) is 35.7. The average molecular weight is 703 g/mol. The molecule has 7 nitrogen and oxygen atoms in total. The molecule has 0 bridgehead atoms. The second-order valence-electron chi connectivity index (χ2n) is 14.2. The molecule has 0 rings (SSSR count). The summed E-state index contributed by atoms with van der Waals surface area (Å²) in [6, 6.07) is 0. The molecule has 0 heterocycles. The van der Waals surface area contributed by atoms with Crippen LogP contribution < -0.4 is 0 Å². The molecule has 1 atom stereocenters. The number of carbonyl (C=O) groups excluding carboxylic acids is 2. The Hall–Kier alpha value is -1.15. The summed E-state index contributed by atoms with van der Waals surface area (Å²) in [5, 5.41) is 0. The molecule has 8 heteroatoms. The van der Waals surface area contributed by atoms with Crippen LogP contribution in [0, 0.1) is 0 Å². The van der Waals surface area contributed by atoms with Gasteiger partial charge in [-0.3, -0.25) is 13.8 Å². The fourth-order valence-electron chi connectivity index (χ4n) is 6.10. The van der Waals surface area contributed by atoms with Crippen molar-refractivity contribution in [1.82, 2.24) is 0 Å². The molecule has 0 aromatic carbocycles. The van der Waals surface area contributed by atoms with E-state index >= 15 is 0 Å². The maximum atomic E-state index is 12.4. The molecule has 0 amide bonds. The molecule has 0 aliphatic carbocycles. The van der Waals surface area contributed by atoms with Crippen molar-refractivity contribution in [2.75, 3.05) is 19.5 Å². The first-order valence-electron chi connectivity index (χ1n) is 20.5. The number of hydrogen-bond acceptors (Lipinski definition) is 7. The van der Waals surface area contributed by atoms with E-state index < -0.39 is 22.2 Å². The van der Waals surface area contributed by atoms with Crippen LogP contribution in [-0.2, 0) is 33.4 Å². The van der Waals surface area contributed by atoms with Crippen LogP contribution in [-0.4, -0.2) is 45.9 Å². The molecule has 0 aliphatic rings. The zero-order valence-corrected chi connectivity index (χ0v) is 32.7. The maximum Gasteiger partial charge on any atom is 0.306 e. The Balaban J connectivity index is 3.88. The number of esters is 2. The minimum Gasteiger partial charge on any atom is -0.462 e. The van der Waals surface area contributed by atoms with Crippen LogP contribution in [0.5, 0.6) is 0 Å². The zero-order chi connectivity index (χ0) is 35.4. The molecule has 0 unspecified atom stereocenters. The summed E-state index contributed by atoms with van der Waals surface area (Å²) < 4.78 is 38.6. The van der Waals surface area contributed by atoms with Gasteiger partial charge in [-0.25, -0.2) is 0 Å². The number of rotatable bonds is 38. The minimum atomic E-state index is -3.71. The first-order chi connectivity index (χ1) is 23.3. The van der Waals surface area contributed by atoms with E-state index in [1.807, 2.05) is 0 Å². The SMILES string of the molecule is CCCCCCCCCCCCCCCCCC(=O)OC[C@@H](COS(C)(=O)=O)OC(=O)CCCCCCCCCCCCCCCCC. The van der Waals surface area contributed by atoms with E-state index in [-0.39, 0.29) is 25.6 Å². The van der Waals surface area contributed by atoms with E-state index in [9.17, 15) is 18.0 Å². The summed E-state index contributed by atoms with van der Waals surface area (Å²) in [5.74, 6) is -0.766. The lowest BCUT2D eigenvalue weighted by Gasteiger charge is -2.17. The standard InChI is InChI=1S/C40H78O7S/c1-4-6-8-10-12-14-16-18-20-22-24-26-28-30-32-34-39(41)45-36-38(37-46-48(3,43)44)47-40(42)35-33-31-29-27-25-23-21-19-17-15-13-11-9-7-5-2/h38H,4-37H2,1-3H3/t38-/m0/s1. The van der Waals surface area contributed by atoms with Crippen molar-refractivity contribution < 1.29 is 31.7 Å². The highest BCUT2D eigenvalue weighted by Crippen LogP contribution is 2.16. The Kier molecular flexibility index (Phi) is 34.8. The van der Waals surface area contributed by atoms with Crippen molar-refractivity contribution in [3.8, 4) is 0 Å². The van der Waals surface area contributed by atoms with E-state index in [2.05, 4.69) is 13.8 Å². The van der Waals surface area contributed by atoms with Gasteiger partial charge >= 0.3 is 11.9 Å². The van der Waals surface area contributed by atoms with Crippen LogP contribution in [0.2, 0.25) is 0 Å². The van der Waals surface area contributed by atoms with Crippen molar-refractivity contribution in [3.05, 3.63) is 0 Å². The van der Waals surface area contributed by atoms with Crippen LogP contribution in [0.25, 0.3) is 0 Å². The Morgan fingerprint density at radius 1 is 0.438 bits per heavy atom. The molecule has 0 aromatic rings. The van der Waals surface area contributed by atoms with Crippen LogP contribution in [0.3, 0.4) is 0 Å². The summed E-state index contributed by atoms with van der Waals surface area (Å²) in [6.07, 6.45) is 38.3. The number of hydrogen-bond donors (Lipinski definition) is 0. The molecule has 0 N–H and O–H groups in total. The number of ether oxygens (including phenoxy) is 2. The van der Waals surface area contributed by atoms with Gasteiger partial charge in [0.05, 0.1) is 6.26 Å². The van der Waals surface area contributed by atoms with Crippen molar-refractivity contribution in [2.45, 2.75) is 225 Å². The molecular weight excluding hydrogens is 624 g/mol. The predicted molar refractivity (Wildman–Crippen MR) is 201 cm³/mol. The normalized spacial score (nSPS) is 12.3. The molecule has 0 spiro atoms. The first kappa shape index (κ1) is 46.9. The van der Waals surface area contributed by atoms with E-state index in [4.69, 9.17) is 13.7 Å². The van der Waals surface area contributed by atoms with Crippen LogP contribution in [0.4, 0.5) is 0 Å². The van der Waals surface area contributed by atoms with Gasteiger partial charge in [0.1, 0.15) is 13.2 Å². The van der Waals surface area contributed by atoms with E-state index in [1.165, 1.54) is 154 Å². The smallest absolute Gasteiger partial charge is 0.306 e. The molecular formula is C40H78O7S. The van der Waals surface area contributed by atoms with Gasteiger partial charge in [0, 0.05) is 12.8 Å². The fourth-order valence-corrected chi connectivity index (χ4v) is 6.50. The largest absolute Gasteiger partial charge is 0.462 e. The number of carbonyl (C=O) groups is 2. The topological polar surface area (TPSA) is 96.0 Å². The predicted octanol–water partition coefficient (Wildman–Crippen LogP) is 11.9. The van der Waals surface area contributed by atoms with Crippen molar-refractivity contribution >= 4 is 22.1 Å². The Morgan fingerprint density at radius 3 is 1.04 bits per heavy atom. The first-order valence-corrected chi connectivity index (χ1v) is 22.3. The van der Waals surface area contributed by atoms with E-state index in [1.54, 1.807) is 0 Å². The summed E-state index contributed by atoms with van der Waals surface area (Å²) in [6.45, 7) is 3.97. The molecule has 48 heavy (non-hydrogen) atoms. The molecule has 0 aromatic heterocycles. The molecule has 0 aliphatic heterocycles. The van der Waals surface area contributed by atoms with E-state index in [0.29, 0.717) is 6.42 Å². The Labute approximate surface area is 297 Å². The highest BCUT2D eigenvalue weighted by molar-refractivity contribution is 7.85. The zero-order valence-electron chi connectivity index (χ0n) is 31.9. The van der Waals surface area contributed by atoms with Gasteiger partial charge in [0.25, 0.3) is 10.1 Å².